The van der Waals surface area contributed by atoms with Gasteiger partial charge in [-0.25, -0.2) is 0 Å². The second kappa shape index (κ2) is 6.39. The van der Waals surface area contributed by atoms with Crippen LogP contribution in [0.2, 0.25) is 0 Å². The van der Waals surface area contributed by atoms with E-state index in [-0.39, 0.29) is 0 Å². The summed E-state index contributed by atoms with van der Waals surface area (Å²) in [6, 6.07) is 15.1. The third-order valence-electron chi connectivity index (χ3n) is 3.45. The maximum absolute atomic E-state index is 3.49. The molecule has 0 aromatic heterocycles. The molecule has 0 bridgehead atoms. The first-order chi connectivity index (χ1) is 9.19. The van der Waals surface area contributed by atoms with Gasteiger partial charge in [-0.2, -0.15) is 0 Å². The van der Waals surface area contributed by atoms with Gasteiger partial charge < -0.3 is 10.6 Å². The Labute approximate surface area is 115 Å². The molecule has 2 nitrogen and oxygen atoms in total. The summed E-state index contributed by atoms with van der Waals surface area (Å²) in [5, 5.41) is 6.65. The number of anilines is 1. The average Bonchev–Trinajstić information content (AvgIpc) is 2.43. The summed E-state index contributed by atoms with van der Waals surface area (Å²) in [5.41, 5.74) is 6.51. The molecule has 2 heteroatoms. The molecule has 0 saturated heterocycles. The van der Waals surface area contributed by atoms with E-state index in [0.717, 1.165) is 18.8 Å². The fourth-order valence-corrected chi connectivity index (χ4v) is 2.10. The normalized spacial score (nSPS) is 10.5. The van der Waals surface area contributed by atoms with Crippen LogP contribution in [0, 0.1) is 13.8 Å². The van der Waals surface area contributed by atoms with E-state index in [2.05, 4.69) is 66.9 Å². The number of hydrogen-bond donors (Lipinski definition) is 2. The summed E-state index contributed by atoms with van der Waals surface area (Å²) < 4.78 is 0. The minimum Gasteiger partial charge on any atom is -0.388 e. The van der Waals surface area contributed by atoms with Crippen molar-refractivity contribution < 1.29 is 0 Å². The molecular weight excluding hydrogens is 232 g/mol. The zero-order chi connectivity index (χ0) is 13.7. The molecule has 0 aliphatic rings. The fourth-order valence-electron chi connectivity index (χ4n) is 2.10. The second-order valence-corrected chi connectivity index (χ2v) is 4.97. The van der Waals surface area contributed by atoms with Gasteiger partial charge in [0.1, 0.15) is 0 Å². The van der Waals surface area contributed by atoms with Crippen molar-refractivity contribution >= 4 is 5.69 Å². The molecule has 0 atom stereocenters. The summed E-state index contributed by atoms with van der Waals surface area (Å²) in [5.74, 6) is 0. The number of rotatable bonds is 5. The first-order valence-electron chi connectivity index (χ1n) is 6.72. The van der Waals surface area contributed by atoms with Gasteiger partial charge in [-0.1, -0.05) is 30.3 Å². The van der Waals surface area contributed by atoms with E-state index < -0.39 is 0 Å². The second-order valence-electron chi connectivity index (χ2n) is 4.97. The van der Waals surface area contributed by atoms with E-state index in [4.69, 9.17) is 0 Å². The molecule has 0 unspecified atom stereocenters. The highest BCUT2D eigenvalue weighted by Crippen LogP contribution is 2.11. The minimum absolute atomic E-state index is 0.891. The summed E-state index contributed by atoms with van der Waals surface area (Å²) in [4.78, 5) is 0. The van der Waals surface area contributed by atoms with Crippen LogP contribution in [0.1, 0.15) is 22.3 Å². The van der Waals surface area contributed by atoms with E-state index in [0.29, 0.717) is 0 Å². The van der Waals surface area contributed by atoms with Gasteiger partial charge in [0.05, 0.1) is 0 Å². The van der Waals surface area contributed by atoms with E-state index in [1.807, 2.05) is 7.05 Å². The van der Waals surface area contributed by atoms with Crippen molar-refractivity contribution in [2.45, 2.75) is 26.9 Å². The zero-order valence-electron chi connectivity index (χ0n) is 12.0. The van der Waals surface area contributed by atoms with Crippen molar-refractivity contribution in [3.8, 4) is 0 Å². The van der Waals surface area contributed by atoms with Crippen LogP contribution in [0.3, 0.4) is 0 Å². The average molecular weight is 254 g/mol. The van der Waals surface area contributed by atoms with E-state index in [1.165, 1.54) is 22.3 Å². The molecule has 0 spiro atoms. The summed E-state index contributed by atoms with van der Waals surface area (Å²) in [7, 11) is 1.95. The van der Waals surface area contributed by atoms with Crippen LogP contribution >= 0.6 is 0 Å². The van der Waals surface area contributed by atoms with Crippen LogP contribution in [0.5, 0.6) is 0 Å². The van der Waals surface area contributed by atoms with Crippen LogP contribution < -0.4 is 10.6 Å². The Balaban J connectivity index is 1.90. The van der Waals surface area contributed by atoms with Crippen molar-refractivity contribution in [3.05, 3.63) is 64.7 Å². The minimum atomic E-state index is 0.891. The van der Waals surface area contributed by atoms with Crippen LogP contribution in [-0.4, -0.2) is 7.05 Å². The summed E-state index contributed by atoms with van der Waals surface area (Å²) in [6.45, 7) is 6.11. The fraction of sp³-hybridized carbons (Fsp3) is 0.294. The van der Waals surface area contributed by atoms with Crippen LogP contribution in [0.15, 0.2) is 42.5 Å². The Bertz CT molecular complexity index is 547. The highest BCUT2D eigenvalue weighted by atomic mass is 14.9. The molecular formula is C17H22N2. The Morgan fingerprint density at radius 2 is 1.58 bits per heavy atom. The predicted molar refractivity (Wildman–Crippen MR) is 82.4 cm³/mol. The third kappa shape index (κ3) is 3.83. The Kier molecular flexibility index (Phi) is 4.58. The third-order valence-corrected chi connectivity index (χ3v) is 3.45. The van der Waals surface area contributed by atoms with Gasteiger partial charge in [-0.15, -0.1) is 0 Å². The molecule has 0 heterocycles. The zero-order valence-corrected chi connectivity index (χ0v) is 12.0. The molecule has 0 saturated carbocycles. The molecule has 0 fully saturated rings. The topological polar surface area (TPSA) is 24.1 Å². The molecule has 2 aromatic carbocycles. The van der Waals surface area contributed by atoms with E-state index >= 15 is 0 Å². The molecule has 2 N–H and O–H groups in total. The quantitative estimate of drug-likeness (QED) is 0.851. The molecule has 2 aromatic rings. The van der Waals surface area contributed by atoms with Crippen molar-refractivity contribution in [2.24, 2.45) is 0 Å². The SMILES string of the molecule is CNc1cccc(CNCc2ccc(C)c(C)c2)c1. The molecule has 0 radical (unpaired) electrons. The lowest BCUT2D eigenvalue weighted by atomic mass is 10.1. The lowest BCUT2D eigenvalue weighted by Gasteiger charge is -2.08. The van der Waals surface area contributed by atoms with Crippen molar-refractivity contribution in [3.63, 3.8) is 0 Å². The predicted octanol–water partition coefficient (Wildman–Crippen LogP) is 3.63. The van der Waals surface area contributed by atoms with Gasteiger partial charge in [-0.3, -0.25) is 0 Å². The van der Waals surface area contributed by atoms with Gasteiger partial charge in [0.15, 0.2) is 0 Å². The van der Waals surface area contributed by atoms with E-state index in [9.17, 15) is 0 Å². The van der Waals surface area contributed by atoms with Crippen LogP contribution in [0.25, 0.3) is 0 Å². The lowest BCUT2D eigenvalue weighted by Crippen LogP contribution is -2.12. The Morgan fingerprint density at radius 3 is 2.26 bits per heavy atom. The highest BCUT2D eigenvalue weighted by molar-refractivity contribution is 5.44. The standard InChI is InChI=1S/C17H22N2/c1-13-7-8-16(9-14(13)2)12-19-11-15-5-4-6-17(10-15)18-3/h4-10,18-19H,11-12H2,1-3H3. The van der Waals surface area contributed by atoms with Gasteiger partial charge in [0.25, 0.3) is 0 Å². The monoisotopic (exact) mass is 254 g/mol. The van der Waals surface area contributed by atoms with Crippen molar-refractivity contribution in [1.29, 1.82) is 0 Å². The highest BCUT2D eigenvalue weighted by Gasteiger charge is 1.98. The number of hydrogen-bond acceptors (Lipinski definition) is 2. The van der Waals surface area contributed by atoms with Gasteiger partial charge in [0.2, 0.25) is 0 Å². The van der Waals surface area contributed by atoms with E-state index in [1.54, 1.807) is 0 Å². The summed E-state index contributed by atoms with van der Waals surface area (Å²) in [6.07, 6.45) is 0. The Morgan fingerprint density at radius 1 is 0.842 bits per heavy atom. The van der Waals surface area contributed by atoms with Crippen molar-refractivity contribution in [1.82, 2.24) is 5.32 Å². The van der Waals surface area contributed by atoms with Gasteiger partial charge in [-0.05, 0) is 48.2 Å². The Hall–Kier alpha value is -1.80. The molecule has 0 amide bonds. The number of aryl methyl sites for hydroxylation is 2. The first-order valence-corrected chi connectivity index (χ1v) is 6.72. The smallest absolute Gasteiger partial charge is 0.0340 e. The molecule has 0 aliphatic heterocycles. The largest absolute Gasteiger partial charge is 0.388 e. The van der Waals surface area contributed by atoms with Gasteiger partial charge >= 0.3 is 0 Å². The molecule has 19 heavy (non-hydrogen) atoms. The number of nitrogens with one attached hydrogen (secondary N) is 2. The van der Waals surface area contributed by atoms with Gasteiger partial charge in [0, 0.05) is 25.8 Å². The summed E-state index contributed by atoms with van der Waals surface area (Å²) >= 11 is 0. The van der Waals surface area contributed by atoms with Crippen molar-refractivity contribution in [2.75, 3.05) is 12.4 Å². The first kappa shape index (κ1) is 13.6. The molecule has 2 rings (SSSR count). The molecule has 0 aliphatic carbocycles. The maximum atomic E-state index is 3.49. The van der Waals surface area contributed by atoms with Crippen LogP contribution in [0.4, 0.5) is 5.69 Å². The lowest BCUT2D eigenvalue weighted by molar-refractivity contribution is 0.693. The number of benzene rings is 2. The maximum Gasteiger partial charge on any atom is 0.0340 e. The van der Waals surface area contributed by atoms with Crippen LogP contribution in [-0.2, 0) is 13.1 Å². The molecule has 100 valence electrons.